The molecule has 0 fully saturated rings. The van der Waals surface area contributed by atoms with Crippen LogP contribution in [0.4, 0.5) is 0 Å². The summed E-state index contributed by atoms with van der Waals surface area (Å²) in [6.07, 6.45) is 0. The molecule has 0 saturated carbocycles. The van der Waals surface area contributed by atoms with Crippen molar-refractivity contribution in [2.45, 2.75) is 13.0 Å². The van der Waals surface area contributed by atoms with Crippen molar-refractivity contribution in [2.75, 3.05) is 14.1 Å². The first-order valence-electron chi connectivity index (χ1n) is 4.63. The third kappa shape index (κ3) is 2.15. The van der Waals surface area contributed by atoms with Gasteiger partial charge in [0.2, 0.25) is 0 Å². The van der Waals surface area contributed by atoms with Crippen LogP contribution in [0, 0.1) is 0 Å². The van der Waals surface area contributed by atoms with Gasteiger partial charge in [0.15, 0.2) is 0 Å². The molecular weight excluding hydrogens is 174 g/mol. The molecule has 0 bridgehead atoms. The minimum Gasteiger partial charge on any atom is -0.508 e. The molecule has 0 aliphatic carbocycles. The van der Waals surface area contributed by atoms with Crippen LogP contribution in [-0.2, 0) is 0 Å². The number of aromatic hydroxyl groups is 1. The molecule has 1 atom stereocenters. The summed E-state index contributed by atoms with van der Waals surface area (Å²) in [6, 6.07) is 7.46. The van der Waals surface area contributed by atoms with Gasteiger partial charge in [0, 0.05) is 5.56 Å². The smallest absolute Gasteiger partial charge is 0.120 e. The highest BCUT2D eigenvalue weighted by atomic mass is 16.3. The number of rotatable bonds is 3. The van der Waals surface area contributed by atoms with Gasteiger partial charge < -0.3 is 5.11 Å². The van der Waals surface area contributed by atoms with Crippen molar-refractivity contribution in [1.82, 2.24) is 4.90 Å². The van der Waals surface area contributed by atoms with Crippen LogP contribution in [0.1, 0.15) is 18.5 Å². The molecule has 76 valence electrons. The number of nitrogens with zero attached hydrogens (tertiary/aromatic N) is 1. The Labute approximate surface area is 85.5 Å². The standard InChI is InChI=1S/C12H17NO/c1-9(2)12(13(3)4)10-7-5-6-8-11(10)14/h5-8,12,14H,1H2,2-4H3. The molecule has 1 aromatic carbocycles. The average Bonchev–Trinajstić information content (AvgIpc) is 2.07. The molecule has 0 aliphatic heterocycles. The topological polar surface area (TPSA) is 23.5 Å². The van der Waals surface area contributed by atoms with Crippen LogP contribution in [-0.4, -0.2) is 24.1 Å². The van der Waals surface area contributed by atoms with E-state index in [4.69, 9.17) is 0 Å². The zero-order valence-electron chi connectivity index (χ0n) is 8.99. The lowest BCUT2D eigenvalue weighted by atomic mass is 9.99. The fourth-order valence-corrected chi connectivity index (χ4v) is 1.70. The van der Waals surface area contributed by atoms with Gasteiger partial charge >= 0.3 is 0 Å². The molecule has 0 saturated heterocycles. The van der Waals surface area contributed by atoms with Crippen LogP contribution in [0.5, 0.6) is 5.75 Å². The van der Waals surface area contributed by atoms with Crippen molar-refractivity contribution in [3.63, 3.8) is 0 Å². The predicted molar refractivity (Wildman–Crippen MR) is 59.3 cm³/mol. The van der Waals surface area contributed by atoms with Crippen molar-refractivity contribution in [3.05, 3.63) is 42.0 Å². The van der Waals surface area contributed by atoms with Crippen LogP contribution in [0.3, 0.4) is 0 Å². The molecule has 1 rings (SSSR count). The summed E-state index contributed by atoms with van der Waals surface area (Å²) < 4.78 is 0. The second-order valence-electron chi connectivity index (χ2n) is 3.77. The Hall–Kier alpha value is -1.28. The van der Waals surface area contributed by atoms with Gasteiger partial charge in [0.25, 0.3) is 0 Å². The average molecular weight is 191 g/mol. The van der Waals surface area contributed by atoms with E-state index in [1.807, 2.05) is 44.1 Å². The number of hydrogen-bond acceptors (Lipinski definition) is 2. The fraction of sp³-hybridized carbons (Fsp3) is 0.333. The quantitative estimate of drug-likeness (QED) is 0.742. The van der Waals surface area contributed by atoms with E-state index in [2.05, 4.69) is 6.58 Å². The predicted octanol–water partition coefficient (Wildman–Crippen LogP) is 2.57. The van der Waals surface area contributed by atoms with Gasteiger partial charge in [-0.05, 0) is 27.1 Å². The lowest BCUT2D eigenvalue weighted by molar-refractivity contribution is 0.327. The lowest BCUT2D eigenvalue weighted by Gasteiger charge is -2.25. The van der Waals surface area contributed by atoms with E-state index in [0.717, 1.165) is 11.1 Å². The van der Waals surface area contributed by atoms with E-state index >= 15 is 0 Å². The van der Waals surface area contributed by atoms with E-state index in [0.29, 0.717) is 5.75 Å². The van der Waals surface area contributed by atoms with Gasteiger partial charge in [-0.2, -0.15) is 0 Å². The van der Waals surface area contributed by atoms with Gasteiger partial charge in [0.05, 0.1) is 6.04 Å². The lowest BCUT2D eigenvalue weighted by Crippen LogP contribution is -2.20. The van der Waals surface area contributed by atoms with Crippen molar-refractivity contribution in [3.8, 4) is 5.75 Å². The van der Waals surface area contributed by atoms with Crippen molar-refractivity contribution >= 4 is 0 Å². The van der Waals surface area contributed by atoms with E-state index in [-0.39, 0.29) is 6.04 Å². The molecule has 0 amide bonds. The van der Waals surface area contributed by atoms with Crippen LogP contribution < -0.4 is 0 Å². The maximum Gasteiger partial charge on any atom is 0.120 e. The summed E-state index contributed by atoms with van der Waals surface area (Å²) in [5.41, 5.74) is 1.93. The maximum absolute atomic E-state index is 9.71. The van der Waals surface area contributed by atoms with Crippen LogP contribution in [0.25, 0.3) is 0 Å². The molecule has 0 heterocycles. The highest BCUT2D eigenvalue weighted by molar-refractivity contribution is 5.38. The first-order valence-corrected chi connectivity index (χ1v) is 4.63. The number of likely N-dealkylation sites (N-methyl/N-ethyl adjacent to an activating group) is 1. The summed E-state index contributed by atoms with van der Waals surface area (Å²) >= 11 is 0. The Morgan fingerprint density at radius 1 is 1.36 bits per heavy atom. The molecule has 0 radical (unpaired) electrons. The van der Waals surface area contributed by atoms with Crippen molar-refractivity contribution in [1.29, 1.82) is 0 Å². The fourth-order valence-electron chi connectivity index (χ4n) is 1.70. The summed E-state index contributed by atoms with van der Waals surface area (Å²) in [5.74, 6) is 0.328. The molecule has 1 N–H and O–H groups in total. The largest absolute Gasteiger partial charge is 0.508 e. The van der Waals surface area contributed by atoms with E-state index in [9.17, 15) is 5.11 Å². The number of phenolic OH excluding ortho intramolecular Hbond substituents is 1. The highest BCUT2D eigenvalue weighted by Crippen LogP contribution is 2.31. The summed E-state index contributed by atoms with van der Waals surface area (Å²) in [5, 5.41) is 9.71. The number of hydrogen-bond donors (Lipinski definition) is 1. The van der Waals surface area contributed by atoms with Crippen molar-refractivity contribution in [2.24, 2.45) is 0 Å². The molecule has 1 aromatic rings. The molecular formula is C12H17NO. The van der Waals surface area contributed by atoms with Crippen LogP contribution >= 0.6 is 0 Å². The number of para-hydroxylation sites is 1. The third-order valence-corrected chi connectivity index (χ3v) is 2.21. The zero-order valence-corrected chi connectivity index (χ0v) is 8.99. The first-order chi connectivity index (χ1) is 6.54. The molecule has 0 aliphatic rings. The number of benzene rings is 1. The molecule has 14 heavy (non-hydrogen) atoms. The minimum atomic E-state index is 0.0798. The second-order valence-corrected chi connectivity index (χ2v) is 3.77. The Kier molecular flexibility index (Phi) is 3.31. The van der Waals surface area contributed by atoms with E-state index in [1.54, 1.807) is 6.07 Å². The molecule has 1 unspecified atom stereocenters. The van der Waals surface area contributed by atoms with Gasteiger partial charge in [-0.1, -0.05) is 30.4 Å². The highest BCUT2D eigenvalue weighted by Gasteiger charge is 2.17. The zero-order chi connectivity index (χ0) is 10.7. The Balaban J connectivity index is 3.12. The van der Waals surface area contributed by atoms with E-state index in [1.165, 1.54) is 0 Å². The van der Waals surface area contributed by atoms with Crippen LogP contribution in [0.2, 0.25) is 0 Å². The monoisotopic (exact) mass is 191 g/mol. The molecule has 2 nitrogen and oxygen atoms in total. The Morgan fingerprint density at radius 3 is 2.36 bits per heavy atom. The van der Waals surface area contributed by atoms with Gasteiger partial charge in [-0.15, -0.1) is 0 Å². The molecule has 0 aromatic heterocycles. The second kappa shape index (κ2) is 4.29. The summed E-state index contributed by atoms with van der Waals surface area (Å²) in [4.78, 5) is 2.04. The van der Waals surface area contributed by atoms with Gasteiger partial charge in [0.1, 0.15) is 5.75 Å². The summed E-state index contributed by atoms with van der Waals surface area (Å²) in [6.45, 7) is 5.91. The van der Waals surface area contributed by atoms with Crippen LogP contribution in [0.15, 0.2) is 36.4 Å². The molecule has 2 heteroatoms. The third-order valence-electron chi connectivity index (χ3n) is 2.21. The van der Waals surface area contributed by atoms with Gasteiger partial charge in [-0.25, -0.2) is 0 Å². The van der Waals surface area contributed by atoms with E-state index < -0.39 is 0 Å². The van der Waals surface area contributed by atoms with Crippen molar-refractivity contribution < 1.29 is 5.11 Å². The SMILES string of the molecule is C=C(C)C(c1ccccc1O)N(C)C. The maximum atomic E-state index is 9.71. The molecule has 0 spiro atoms. The Bertz CT molecular complexity index is 331. The number of phenols is 1. The first kappa shape index (κ1) is 10.8. The summed E-state index contributed by atoms with van der Waals surface area (Å²) in [7, 11) is 3.96. The minimum absolute atomic E-state index is 0.0798. The Morgan fingerprint density at radius 2 is 1.93 bits per heavy atom. The normalized spacial score (nSPS) is 12.9. The van der Waals surface area contributed by atoms with Gasteiger partial charge in [-0.3, -0.25) is 4.90 Å².